The molecule has 7 atom stereocenters. The monoisotopic (exact) mass is 633 g/mol. The smallest absolute Gasteiger partial charge is 0.305 e. The fourth-order valence-corrected chi connectivity index (χ4v) is 11.1. The van der Waals surface area contributed by atoms with Crippen LogP contribution in [0.1, 0.15) is 22.8 Å². The van der Waals surface area contributed by atoms with E-state index < -0.39 is 0 Å². The van der Waals surface area contributed by atoms with Crippen LogP contribution in [0.4, 0.5) is 5.69 Å². The van der Waals surface area contributed by atoms with Crippen LogP contribution in [0.25, 0.3) is 0 Å². The highest BCUT2D eigenvalue weighted by Crippen LogP contribution is 2.68. The number of fused-ring (bicyclic) bond motifs is 9. The number of imide groups is 1. The molecule has 0 spiro atoms. The quantitative estimate of drug-likeness (QED) is 0.411. The standard InChI is InChI=1S/C32H31N3O7S2/c1-40-18-8-4-17(5-9-18)35-30(37)25-20-14-21(26(25)31(35)38)27-24(20)23(28-29(43-27)33-32(39)44-28)16-2-6-19(7-3-16)42-15-22(36)34-10-12-41-13-11-34/h2-9,20-21,23-27H,10-15H2,1H3,(H,33,39)/t20-,21-,23+,24-,25+,26+,27-/m1/s1. The van der Waals surface area contributed by atoms with Crippen molar-refractivity contribution in [2.45, 2.75) is 22.6 Å². The Bertz CT molecular complexity index is 1680. The van der Waals surface area contributed by atoms with Crippen LogP contribution in [0.3, 0.4) is 0 Å². The van der Waals surface area contributed by atoms with Crippen LogP contribution in [0, 0.1) is 29.6 Å². The van der Waals surface area contributed by atoms with Crippen LogP contribution < -0.4 is 19.2 Å². The molecule has 1 aromatic heterocycles. The van der Waals surface area contributed by atoms with Crippen molar-refractivity contribution in [1.29, 1.82) is 0 Å². The van der Waals surface area contributed by atoms with E-state index in [4.69, 9.17) is 14.2 Å². The fraction of sp³-hybridized carbons (Fsp3) is 0.438. The summed E-state index contributed by atoms with van der Waals surface area (Å²) in [5.74, 6) is 0.325. The molecule has 3 amide bonds. The molecule has 2 bridgehead atoms. The first-order valence-electron chi connectivity index (χ1n) is 14.9. The van der Waals surface area contributed by atoms with Crippen LogP contribution in [0.5, 0.6) is 11.5 Å². The Labute approximate surface area is 261 Å². The molecule has 10 nitrogen and oxygen atoms in total. The molecule has 0 radical (unpaired) electrons. The lowest BCUT2D eigenvalue weighted by molar-refractivity contribution is -0.137. The molecule has 2 saturated heterocycles. The number of hydrogen-bond acceptors (Lipinski definition) is 9. The number of rotatable bonds is 6. The third-order valence-electron chi connectivity index (χ3n) is 10.0. The molecule has 2 aromatic carbocycles. The number of ether oxygens (including phenoxy) is 3. The summed E-state index contributed by atoms with van der Waals surface area (Å²) in [6, 6.07) is 14.8. The zero-order valence-electron chi connectivity index (χ0n) is 24.0. The number of aromatic nitrogens is 1. The summed E-state index contributed by atoms with van der Waals surface area (Å²) < 4.78 is 16.4. The largest absolute Gasteiger partial charge is 0.497 e. The van der Waals surface area contributed by atoms with Crippen LogP contribution >= 0.6 is 23.1 Å². The van der Waals surface area contributed by atoms with Crippen LogP contribution in [-0.2, 0) is 19.1 Å². The van der Waals surface area contributed by atoms with E-state index >= 15 is 0 Å². The summed E-state index contributed by atoms with van der Waals surface area (Å²) in [5.41, 5.74) is 1.62. The van der Waals surface area contributed by atoms with Crippen LogP contribution in [0.2, 0.25) is 0 Å². The van der Waals surface area contributed by atoms with Gasteiger partial charge in [0.15, 0.2) is 6.61 Å². The van der Waals surface area contributed by atoms with E-state index in [-0.39, 0.29) is 70.0 Å². The minimum atomic E-state index is -0.370. The molecule has 228 valence electrons. The molecule has 4 fully saturated rings. The van der Waals surface area contributed by atoms with Gasteiger partial charge < -0.3 is 24.1 Å². The highest BCUT2D eigenvalue weighted by Gasteiger charge is 2.69. The number of methoxy groups -OCH3 is 1. The van der Waals surface area contributed by atoms with E-state index in [9.17, 15) is 19.2 Å². The number of carbonyl (C=O) groups excluding carboxylic acids is 3. The Kier molecular flexibility index (Phi) is 6.84. The Balaban J connectivity index is 1.07. The van der Waals surface area contributed by atoms with Crippen molar-refractivity contribution < 1.29 is 28.6 Å². The van der Waals surface area contributed by atoms with E-state index in [0.29, 0.717) is 43.5 Å². The average molecular weight is 634 g/mol. The van der Waals surface area contributed by atoms with Gasteiger partial charge in [0.1, 0.15) is 11.5 Å². The zero-order chi connectivity index (χ0) is 30.1. The van der Waals surface area contributed by atoms with E-state index in [0.717, 1.165) is 21.9 Å². The second kappa shape index (κ2) is 10.8. The highest BCUT2D eigenvalue weighted by atomic mass is 32.2. The summed E-state index contributed by atoms with van der Waals surface area (Å²) in [7, 11) is 1.58. The van der Waals surface area contributed by atoms with Gasteiger partial charge in [-0.2, -0.15) is 0 Å². The Hall–Kier alpha value is -3.61. The lowest BCUT2D eigenvalue weighted by Crippen LogP contribution is -2.43. The normalized spacial score (nSPS) is 30.2. The molecule has 2 aliphatic carbocycles. The van der Waals surface area contributed by atoms with Gasteiger partial charge in [0, 0.05) is 29.1 Å². The first-order chi connectivity index (χ1) is 21.4. The predicted molar refractivity (Wildman–Crippen MR) is 163 cm³/mol. The number of thioether (sulfide) groups is 1. The molecule has 3 aliphatic heterocycles. The number of amides is 3. The van der Waals surface area contributed by atoms with Crippen LogP contribution in [0.15, 0.2) is 58.4 Å². The molecule has 12 heteroatoms. The molecular formula is C32H31N3O7S2. The number of aromatic amines is 1. The number of nitrogens with zero attached hydrogens (tertiary/aromatic N) is 2. The van der Waals surface area contributed by atoms with E-state index in [1.165, 1.54) is 16.2 Å². The summed E-state index contributed by atoms with van der Waals surface area (Å²) in [6.07, 6.45) is 0.826. The average Bonchev–Trinajstić information content (AvgIpc) is 3.79. The minimum absolute atomic E-state index is 0.0274. The van der Waals surface area contributed by atoms with Crippen LogP contribution in [-0.4, -0.2) is 72.9 Å². The number of benzene rings is 2. The highest BCUT2D eigenvalue weighted by molar-refractivity contribution is 8.00. The molecule has 1 N–H and O–H groups in total. The van der Waals surface area contributed by atoms with Gasteiger partial charge in [-0.15, -0.1) is 11.8 Å². The molecule has 44 heavy (non-hydrogen) atoms. The van der Waals surface area contributed by atoms with Crippen molar-refractivity contribution in [3.63, 3.8) is 0 Å². The SMILES string of the molecule is COc1ccc(N2C(=O)[C@H]3[C@H]4C[C@@H]([C@@H]3C2=O)[C@@H]2[C@H](c3ccc(OCC(=O)N5CCOCC5)cc3)c3sc(=O)[nH]c3S[C@H]42)cc1. The molecule has 0 unspecified atom stereocenters. The third kappa shape index (κ3) is 4.33. The number of anilines is 1. The summed E-state index contributed by atoms with van der Waals surface area (Å²) >= 11 is 2.91. The summed E-state index contributed by atoms with van der Waals surface area (Å²) in [6.45, 7) is 2.18. The fourth-order valence-electron chi connectivity index (χ4n) is 8.20. The lowest BCUT2D eigenvalue weighted by atomic mass is 9.68. The number of thiazole rings is 1. The van der Waals surface area contributed by atoms with Crippen molar-refractivity contribution in [1.82, 2.24) is 9.88 Å². The molecule has 5 aliphatic rings. The van der Waals surface area contributed by atoms with Gasteiger partial charge in [-0.3, -0.25) is 24.1 Å². The number of carbonyl (C=O) groups is 3. The van der Waals surface area contributed by atoms with Gasteiger partial charge >= 0.3 is 4.87 Å². The molecule has 2 saturated carbocycles. The van der Waals surface area contributed by atoms with Gasteiger partial charge in [0.05, 0.1) is 42.9 Å². The number of hydrogen-bond donors (Lipinski definition) is 1. The van der Waals surface area contributed by atoms with E-state index in [1.807, 2.05) is 24.3 Å². The first kappa shape index (κ1) is 27.9. The minimum Gasteiger partial charge on any atom is -0.497 e. The number of morpholine rings is 1. The maximum atomic E-state index is 14.0. The second-order valence-electron chi connectivity index (χ2n) is 12.0. The van der Waals surface area contributed by atoms with Gasteiger partial charge in [-0.05, 0) is 66.1 Å². The Morgan fingerprint density at radius 1 is 0.955 bits per heavy atom. The van der Waals surface area contributed by atoms with Gasteiger partial charge in [-0.25, -0.2) is 0 Å². The zero-order valence-corrected chi connectivity index (χ0v) is 25.6. The van der Waals surface area contributed by atoms with Crippen molar-refractivity contribution in [2.24, 2.45) is 29.6 Å². The van der Waals surface area contributed by atoms with Crippen molar-refractivity contribution in [3.8, 4) is 11.5 Å². The maximum absolute atomic E-state index is 14.0. The maximum Gasteiger partial charge on any atom is 0.305 e. The lowest BCUT2D eigenvalue weighted by Gasteiger charge is -2.43. The molecule has 8 rings (SSSR count). The second-order valence-corrected chi connectivity index (χ2v) is 14.2. The molecule has 4 heterocycles. The molecular weight excluding hydrogens is 603 g/mol. The third-order valence-corrected chi connectivity index (χ3v) is 12.6. The van der Waals surface area contributed by atoms with Gasteiger partial charge in [0.25, 0.3) is 5.91 Å². The van der Waals surface area contributed by atoms with Gasteiger partial charge in [0.2, 0.25) is 11.8 Å². The molecule has 3 aromatic rings. The number of H-pyrrole nitrogens is 1. The topological polar surface area (TPSA) is 118 Å². The number of nitrogens with one attached hydrogen (secondary N) is 1. The van der Waals surface area contributed by atoms with Crippen molar-refractivity contribution >= 4 is 46.5 Å². The summed E-state index contributed by atoms with van der Waals surface area (Å²) in [4.78, 5) is 60.0. The predicted octanol–water partition coefficient (Wildman–Crippen LogP) is 3.36. The van der Waals surface area contributed by atoms with E-state index in [2.05, 4.69) is 4.98 Å². The van der Waals surface area contributed by atoms with Gasteiger partial charge in [-0.1, -0.05) is 23.5 Å². The van der Waals surface area contributed by atoms with E-state index in [1.54, 1.807) is 48.0 Å². The van der Waals surface area contributed by atoms with Crippen molar-refractivity contribution in [2.75, 3.05) is 44.9 Å². The Morgan fingerprint density at radius 3 is 2.34 bits per heavy atom. The summed E-state index contributed by atoms with van der Waals surface area (Å²) in [5, 5.41) is 0.981. The Morgan fingerprint density at radius 2 is 1.64 bits per heavy atom. The van der Waals surface area contributed by atoms with Crippen molar-refractivity contribution in [3.05, 3.63) is 68.6 Å². The first-order valence-corrected chi connectivity index (χ1v) is 16.6.